The molecule has 9 heteroatoms. The Morgan fingerprint density at radius 1 is 0.900 bits per heavy atom. The van der Waals surface area contributed by atoms with E-state index < -0.39 is 48.6 Å². The first-order valence-corrected chi connectivity index (χ1v) is 11.3. The number of hydrogen-bond donors (Lipinski definition) is 0. The second kappa shape index (κ2) is 11.5. The SMILES string of the molecule is CCCc1ccc(O[C@@H]2O[C@H](CI)[C@@H](OC(C)=O)[C@H](OC(C)=O)[C@H]2OC(C)=O)cc1. The lowest BCUT2D eigenvalue weighted by molar-refractivity contribution is -0.279. The van der Waals surface area contributed by atoms with Crippen LogP contribution in [-0.2, 0) is 39.8 Å². The summed E-state index contributed by atoms with van der Waals surface area (Å²) in [6.45, 7) is 5.80. The van der Waals surface area contributed by atoms with Gasteiger partial charge >= 0.3 is 17.9 Å². The fourth-order valence-electron chi connectivity index (χ4n) is 3.23. The van der Waals surface area contributed by atoms with Gasteiger partial charge in [0.1, 0.15) is 11.9 Å². The van der Waals surface area contributed by atoms with Crippen LogP contribution in [0.3, 0.4) is 0 Å². The first kappa shape index (κ1) is 24.4. The van der Waals surface area contributed by atoms with Gasteiger partial charge in [-0.25, -0.2) is 0 Å². The van der Waals surface area contributed by atoms with Crippen molar-refractivity contribution in [3.8, 4) is 5.75 Å². The lowest BCUT2D eigenvalue weighted by Crippen LogP contribution is -2.63. The molecule has 0 aliphatic carbocycles. The third-order valence-corrected chi connectivity index (χ3v) is 5.23. The van der Waals surface area contributed by atoms with Gasteiger partial charge in [-0.05, 0) is 24.1 Å². The van der Waals surface area contributed by atoms with Crippen LogP contribution >= 0.6 is 22.6 Å². The van der Waals surface area contributed by atoms with E-state index in [1.165, 1.54) is 26.3 Å². The zero-order valence-electron chi connectivity index (χ0n) is 17.5. The van der Waals surface area contributed by atoms with E-state index in [1.54, 1.807) is 12.1 Å². The van der Waals surface area contributed by atoms with Crippen molar-refractivity contribution in [2.45, 2.75) is 71.2 Å². The van der Waals surface area contributed by atoms with E-state index in [0.717, 1.165) is 12.8 Å². The van der Waals surface area contributed by atoms with Crippen LogP contribution in [0.5, 0.6) is 5.75 Å². The van der Waals surface area contributed by atoms with Gasteiger partial charge < -0.3 is 23.7 Å². The van der Waals surface area contributed by atoms with Crippen molar-refractivity contribution in [2.24, 2.45) is 0 Å². The molecule has 1 fully saturated rings. The van der Waals surface area contributed by atoms with Gasteiger partial charge in [0.25, 0.3) is 0 Å². The van der Waals surface area contributed by atoms with Crippen LogP contribution in [0.15, 0.2) is 24.3 Å². The number of rotatable bonds is 8. The molecule has 1 aliphatic heterocycles. The summed E-state index contributed by atoms with van der Waals surface area (Å²) in [6, 6.07) is 7.50. The zero-order valence-corrected chi connectivity index (χ0v) is 19.6. The van der Waals surface area contributed by atoms with Crippen molar-refractivity contribution in [3.63, 3.8) is 0 Å². The maximum Gasteiger partial charge on any atom is 0.303 e. The maximum atomic E-state index is 11.8. The van der Waals surface area contributed by atoms with Crippen LogP contribution < -0.4 is 4.74 Å². The van der Waals surface area contributed by atoms with Gasteiger partial charge in [0, 0.05) is 25.2 Å². The number of carbonyl (C=O) groups excluding carboxylic acids is 3. The molecule has 0 saturated carbocycles. The molecule has 0 N–H and O–H groups in total. The average Bonchev–Trinajstić information content (AvgIpc) is 2.66. The maximum absolute atomic E-state index is 11.8. The van der Waals surface area contributed by atoms with Gasteiger partial charge in [-0.3, -0.25) is 14.4 Å². The third-order valence-electron chi connectivity index (χ3n) is 4.36. The molecule has 1 aliphatic rings. The predicted octanol–water partition coefficient (Wildman–Crippen LogP) is 2.97. The summed E-state index contributed by atoms with van der Waals surface area (Å²) in [5, 5.41) is 0. The number of aryl methyl sites for hydroxylation is 1. The van der Waals surface area contributed by atoms with Crippen LogP contribution in [0.1, 0.15) is 39.7 Å². The second-order valence-corrected chi connectivity index (χ2v) is 7.81. The molecule has 166 valence electrons. The lowest BCUT2D eigenvalue weighted by Gasteiger charge is -2.43. The minimum atomic E-state index is -1.12. The molecule has 5 atom stereocenters. The van der Waals surface area contributed by atoms with Crippen LogP contribution in [-0.4, -0.2) is 53.0 Å². The van der Waals surface area contributed by atoms with Crippen LogP contribution in [0.4, 0.5) is 0 Å². The fraction of sp³-hybridized carbons (Fsp3) is 0.571. The van der Waals surface area contributed by atoms with Crippen molar-refractivity contribution in [2.75, 3.05) is 4.43 Å². The topological polar surface area (TPSA) is 97.4 Å². The molecule has 0 spiro atoms. The number of ether oxygens (including phenoxy) is 5. The van der Waals surface area contributed by atoms with Gasteiger partial charge in [0.15, 0.2) is 12.2 Å². The minimum absolute atomic E-state index is 0.426. The van der Waals surface area contributed by atoms with E-state index >= 15 is 0 Å². The molecule has 0 aromatic heterocycles. The number of hydrogen-bond acceptors (Lipinski definition) is 8. The van der Waals surface area contributed by atoms with Crippen molar-refractivity contribution >= 4 is 40.5 Å². The molecule has 2 rings (SSSR count). The van der Waals surface area contributed by atoms with Crippen LogP contribution in [0.2, 0.25) is 0 Å². The van der Waals surface area contributed by atoms with E-state index in [4.69, 9.17) is 23.7 Å². The Kier molecular flexibility index (Phi) is 9.35. The van der Waals surface area contributed by atoms with Crippen molar-refractivity contribution < 1.29 is 38.1 Å². The normalized spacial score (nSPS) is 25.8. The summed E-state index contributed by atoms with van der Waals surface area (Å²) in [6.07, 6.45) is -2.85. The van der Waals surface area contributed by atoms with Crippen LogP contribution in [0.25, 0.3) is 0 Å². The Morgan fingerprint density at radius 2 is 1.43 bits per heavy atom. The second-order valence-electron chi connectivity index (χ2n) is 6.93. The number of esters is 3. The van der Waals surface area contributed by atoms with Gasteiger partial charge in [-0.2, -0.15) is 0 Å². The van der Waals surface area contributed by atoms with Gasteiger partial charge in [0.2, 0.25) is 12.4 Å². The van der Waals surface area contributed by atoms with E-state index in [0.29, 0.717) is 10.2 Å². The average molecular weight is 534 g/mol. The van der Waals surface area contributed by atoms with E-state index in [-0.39, 0.29) is 0 Å². The Balaban J connectivity index is 2.34. The first-order valence-electron chi connectivity index (χ1n) is 9.73. The molecule has 1 heterocycles. The highest BCUT2D eigenvalue weighted by atomic mass is 127. The van der Waals surface area contributed by atoms with Crippen molar-refractivity contribution in [3.05, 3.63) is 29.8 Å². The highest BCUT2D eigenvalue weighted by Gasteiger charge is 2.52. The molecular formula is C21H27IO8. The Labute approximate surface area is 189 Å². The zero-order chi connectivity index (χ0) is 22.3. The summed E-state index contributed by atoms with van der Waals surface area (Å²) in [4.78, 5) is 35.1. The molecule has 1 saturated heterocycles. The van der Waals surface area contributed by atoms with Gasteiger partial charge in [0.05, 0.1) is 0 Å². The quantitative estimate of drug-likeness (QED) is 0.218. The summed E-state index contributed by atoms with van der Waals surface area (Å²) in [5.41, 5.74) is 1.17. The summed E-state index contributed by atoms with van der Waals surface area (Å²) in [7, 11) is 0. The van der Waals surface area contributed by atoms with Crippen molar-refractivity contribution in [1.29, 1.82) is 0 Å². The molecule has 8 nitrogen and oxygen atoms in total. The predicted molar refractivity (Wildman–Crippen MR) is 115 cm³/mol. The Bertz CT molecular complexity index is 735. The van der Waals surface area contributed by atoms with Crippen LogP contribution in [0, 0.1) is 0 Å². The number of halogens is 1. The minimum Gasteiger partial charge on any atom is -0.461 e. The summed E-state index contributed by atoms with van der Waals surface area (Å²) in [5.74, 6) is -1.27. The molecule has 30 heavy (non-hydrogen) atoms. The number of carbonyl (C=O) groups is 3. The van der Waals surface area contributed by atoms with E-state index in [1.807, 2.05) is 12.1 Å². The Morgan fingerprint density at radius 3 is 1.93 bits per heavy atom. The fourth-order valence-corrected chi connectivity index (χ4v) is 3.94. The monoisotopic (exact) mass is 534 g/mol. The number of alkyl halides is 1. The highest BCUT2D eigenvalue weighted by molar-refractivity contribution is 14.1. The molecule has 1 aromatic rings. The number of benzene rings is 1. The summed E-state index contributed by atoms with van der Waals surface area (Å²) < 4.78 is 28.5. The van der Waals surface area contributed by atoms with Crippen molar-refractivity contribution in [1.82, 2.24) is 0 Å². The molecule has 1 aromatic carbocycles. The molecule has 0 unspecified atom stereocenters. The molecule has 0 radical (unpaired) electrons. The third kappa shape index (κ3) is 6.83. The smallest absolute Gasteiger partial charge is 0.303 e. The van der Waals surface area contributed by atoms with E-state index in [2.05, 4.69) is 29.5 Å². The Hall–Kier alpha value is -1.88. The largest absolute Gasteiger partial charge is 0.461 e. The highest BCUT2D eigenvalue weighted by Crippen LogP contribution is 2.31. The molecule has 0 bridgehead atoms. The van der Waals surface area contributed by atoms with E-state index in [9.17, 15) is 14.4 Å². The first-order chi connectivity index (χ1) is 14.2. The van der Waals surface area contributed by atoms with Gasteiger partial charge in [-0.15, -0.1) is 0 Å². The summed E-state index contributed by atoms with van der Waals surface area (Å²) >= 11 is 2.08. The van der Waals surface area contributed by atoms with Gasteiger partial charge in [-0.1, -0.05) is 48.1 Å². The molecule has 0 amide bonds. The lowest BCUT2D eigenvalue weighted by atomic mass is 9.98. The molecular weight excluding hydrogens is 507 g/mol. The standard InChI is InChI=1S/C21H27IO8/c1-5-6-15-7-9-16(10-8-15)29-21-20(28-14(4)25)19(27-13(3)24)18(26-12(2)23)17(11-22)30-21/h7-10,17-21H,5-6,11H2,1-4H3/t17-,18-,19+,20-,21-/m1/s1.